The van der Waals surface area contributed by atoms with Crippen molar-refractivity contribution in [2.45, 2.75) is 36.4 Å². The van der Waals surface area contributed by atoms with Crippen LogP contribution in [0.3, 0.4) is 0 Å². The molecule has 13 heteroatoms. The van der Waals surface area contributed by atoms with E-state index >= 15 is 0 Å². The largest absolute Gasteiger partial charge is 0.417 e. The van der Waals surface area contributed by atoms with Crippen molar-refractivity contribution in [1.82, 2.24) is 23.9 Å². The van der Waals surface area contributed by atoms with Gasteiger partial charge in [0.2, 0.25) is 10.0 Å². The number of pyridine rings is 1. The van der Waals surface area contributed by atoms with E-state index in [0.717, 1.165) is 27.7 Å². The lowest BCUT2D eigenvalue weighted by Crippen LogP contribution is -2.38. The molecule has 0 unspecified atom stereocenters. The van der Waals surface area contributed by atoms with Gasteiger partial charge < -0.3 is 5.32 Å². The number of aromatic nitrogens is 4. The number of benzene rings is 1. The minimum absolute atomic E-state index is 0.0740. The number of rotatable bonds is 6. The Morgan fingerprint density at radius 3 is 2.54 bits per heavy atom. The van der Waals surface area contributed by atoms with E-state index < -0.39 is 26.7 Å². The highest BCUT2D eigenvalue weighted by molar-refractivity contribution is 9.10. The summed E-state index contributed by atoms with van der Waals surface area (Å²) in [6.07, 6.45) is 1.19. The van der Waals surface area contributed by atoms with Crippen LogP contribution in [0, 0.1) is 0 Å². The van der Waals surface area contributed by atoms with E-state index in [0.29, 0.717) is 35.3 Å². The van der Waals surface area contributed by atoms with E-state index in [9.17, 15) is 21.6 Å². The SMILES string of the molecule is O=S(=O)(c1ccccc1C(F)(F)F)N1CCC(c2cc(NCc3cccnc3)n3ncc(Br)c3n2)CC1. The number of nitrogens with one attached hydrogen (secondary N) is 1. The van der Waals surface area contributed by atoms with Gasteiger partial charge in [-0.3, -0.25) is 4.98 Å². The van der Waals surface area contributed by atoms with Gasteiger partial charge >= 0.3 is 6.18 Å². The Balaban J connectivity index is 1.37. The first-order valence-electron chi connectivity index (χ1n) is 11.5. The molecular weight excluding hydrogens is 573 g/mol. The number of alkyl halides is 3. The van der Waals surface area contributed by atoms with Crippen molar-refractivity contribution in [2.24, 2.45) is 0 Å². The van der Waals surface area contributed by atoms with Crippen molar-refractivity contribution < 1.29 is 21.6 Å². The topological polar surface area (TPSA) is 92.5 Å². The quantitative estimate of drug-likeness (QED) is 0.334. The molecule has 0 aliphatic carbocycles. The van der Waals surface area contributed by atoms with E-state index in [-0.39, 0.29) is 19.0 Å². The van der Waals surface area contributed by atoms with Crippen LogP contribution in [0.5, 0.6) is 0 Å². The Morgan fingerprint density at radius 2 is 1.84 bits per heavy atom. The van der Waals surface area contributed by atoms with E-state index in [2.05, 4.69) is 31.3 Å². The molecule has 4 aromatic rings. The number of sulfonamides is 1. The number of anilines is 1. The summed E-state index contributed by atoms with van der Waals surface area (Å²) in [5.41, 5.74) is 1.20. The first-order chi connectivity index (χ1) is 17.6. The van der Waals surface area contributed by atoms with Gasteiger partial charge in [-0.2, -0.15) is 27.1 Å². The van der Waals surface area contributed by atoms with Crippen molar-refractivity contribution >= 4 is 37.4 Å². The molecule has 1 aliphatic heterocycles. The highest BCUT2D eigenvalue weighted by atomic mass is 79.9. The summed E-state index contributed by atoms with van der Waals surface area (Å²) in [7, 11) is -4.31. The summed E-state index contributed by atoms with van der Waals surface area (Å²) in [4.78, 5) is 8.16. The van der Waals surface area contributed by atoms with Gasteiger partial charge in [0.1, 0.15) is 5.82 Å². The Morgan fingerprint density at radius 1 is 1.08 bits per heavy atom. The Bertz CT molecular complexity index is 1520. The number of piperidine rings is 1. The van der Waals surface area contributed by atoms with Gasteiger partial charge in [-0.05, 0) is 52.5 Å². The van der Waals surface area contributed by atoms with Crippen molar-refractivity contribution in [3.05, 3.63) is 82.3 Å². The summed E-state index contributed by atoms with van der Waals surface area (Å²) in [6, 6.07) is 9.98. The summed E-state index contributed by atoms with van der Waals surface area (Å²) in [6.45, 7) is 0.690. The van der Waals surface area contributed by atoms with E-state index in [1.54, 1.807) is 23.1 Å². The highest BCUT2D eigenvalue weighted by Crippen LogP contribution is 2.37. The lowest BCUT2D eigenvalue weighted by atomic mass is 9.94. The Kier molecular flexibility index (Phi) is 6.94. The van der Waals surface area contributed by atoms with E-state index in [1.807, 2.05) is 18.2 Å². The molecule has 8 nitrogen and oxygen atoms in total. The maximum Gasteiger partial charge on any atom is 0.417 e. The third-order valence-electron chi connectivity index (χ3n) is 6.33. The number of nitrogens with zero attached hydrogens (tertiary/aromatic N) is 5. The minimum atomic E-state index is -4.76. The van der Waals surface area contributed by atoms with Gasteiger partial charge in [0.05, 0.1) is 21.1 Å². The molecule has 0 atom stereocenters. The molecule has 0 bridgehead atoms. The molecule has 0 spiro atoms. The monoisotopic (exact) mass is 594 g/mol. The molecule has 1 saturated heterocycles. The van der Waals surface area contributed by atoms with Crippen LogP contribution in [-0.4, -0.2) is 45.4 Å². The second kappa shape index (κ2) is 10.0. The minimum Gasteiger partial charge on any atom is -0.366 e. The van der Waals surface area contributed by atoms with Gasteiger partial charge in [0.25, 0.3) is 0 Å². The van der Waals surface area contributed by atoms with Gasteiger partial charge in [0, 0.05) is 49.7 Å². The fourth-order valence-electron chi connectivity index (χ4n) is 4.44. The van der Waals surface area contributed by atoms with Crippen molar-refractivity contribution in [3.63, 3.8) is 0 Å². The molecule has 1 N–H and O–H groups in total. The first-order valence-corrected chi connectivity index (χ1v) is 13.7. The van der Waals surface area contributed by atoms with Crippen LogP contribution in [0.1, 0.15) is 35.6 Å². The third kappa shape index (κ3) is 5.20. The maximum absolute atomic E-state index is 13.5. The lowest BCUT2D eigenvalue weighted by molar-refractivity contribution is -0.139. The molecule has 0 radical (unpaired) electrons. The number of fused-ring (bicyclic) bond motifs is 1. The van der Waals surface area contributed by atoms with Gasteiger partial charge in [-0.25, -0.2) is 13.4 Å². The predicted octanol–water partition coefficient (Wildman–Crippen LogP) is 5.09. The number of halogens is 4. The normalized spacial score (nSPS) is 15.8. The standard InChI is InChI=1S/C24H22BrF3N6O2S/c25-19-15-31-34-22(30-14-16-4-3-9-29-13-16)12-20(32-23(19)34)17-7-10-33(11-8-17)37(35,36)21-6-2-1-5-18(21)24(26,27)28/h1-6,9,12-13,15,17,30H,7-8,10-11,14H2. The molecule has 1 aromatic carbocycles. The second-order valence-corrected chi connectivity index (χ2v) is 11.4. The molecule has 5 rings (SSSR count). The molecule has 194 valence electrons. The highest BCUT2D eigenvalue weighted by Gasteiger charge is 2.40. The summed E-state index contributed by atoms with van der Waals surface area (Å²) in [5.74, 6) is 0.638. The van der Waals surface area contributed by atoms with Gasteiger partial charge in [-0.15, -0.1) is 0 Å². The Labute approximate surface area is 219 Å². The van der Waals surface area contributed by atoms with Crippen molar-refractivity contribution in [3.8, 4) is 0 Å². The van der Waals surface area contributed by atoms with Crippen LogP contribution >= 0.6 is 15.9 Å². The molecule has 0 amide bonds. The third-order valence-corrected chi connectivity index (χ3v) is 8.84. The summed E-state index contributed by atoms with van der Waals surface area (Å²) in [5, 5.41) is 7.73. The maximum atomic E-state index is 13.5. The van der Waals surface area contributed by atoms with Gasteiger partial charge in [0.15, 0.2) is 5.65 Å². The fraction of sp³-hybridized carbons (Fsp3) is 0.292. The first kappa shape index (κ1) is 25.6. The zero-order valence-electron chi connectivity index (χ0n) is 19.4. The van der Waals surface area contributed by atoms with Crippen LogP contribution in [0.2, 0.25) is 0 Å². The molecule has 1 aliphatic rings. The number of hydrogen-bond acceptors (Lipinski definition) is 6. The Hall–Kier alpha value is -3.03. The fourth-order valence-corrected chi connectivity index (χ4v) is 6.47. The second-order valence-electron chi connectivity index (χ2n) is 8.68. The van der Waals surface area contributed by atoms with Crippen LogP contribution in [0.15, 0.2) is 70.4 Å². The molecule has 37 heavy (non-hydrogen) atoms. The molecule has 1 fully saturated rings. The average molecular weight is 595 g/mol. The van der Waals surface area contributed by atoms with Crippen LogP contribution in [0.25, 0.3) is 5.65 Å². The van der Waals surface area contributed by atoms with Crippen LogP contribution < -0.4 is 5.32 Å². The van der Waals surface area contributed by atoms with Crippen LogP contribution in [-0.2, 0) is 22.7 Å². The van der Waals surface area contributed by atoms with Crippen molar-refractivity contribution in [2.75, 3.05) is 18.4 Å². The number of hydrogen-bond donors (Lipinski definition) is 1. The molecular formula is C24H22BrF3N6O2S. The molecule has 0 saturated carbocycles. The average Bonchev–Trinajstić information content (AvgIpc) is 3.28. The van der Waals surface area contributed by atoms with E-state index in [4.69, 9.17) is 4.98 Å². The smallest absolute Gasteiger partial charge is 0.366 e. The zero-order chi connectivity index (χ0) is 26.2. The van der Waals surface area contributed by atoms with Gasteiger partial charge in [-0.1, -0.05) is 18.2 Å². The summed E-state index contributed by atoms with van der Waals surface area (Å²) >= 11 is 3.48. The summed E-state index contributed by atoms with van der Waals surface area (Å²) < 4.78 is 70.2. The lowest BCUT2D eigenvalue weighted by Gasteiger charge is -2.31. The predicted molar refractivity (Wildman–Crippen MR) is 134 cm³/mol. The van der Waals surface area contributed by atoms with Crippen molar-refractivity contribution in [1.29, 1.82) is 0 Å². The van der Waals surface area contributed by atoms with Crippen LogP contribution in [0.4, 0.5) is 19.0 Å². The molecule has 4 heterocycles. The molecule has 3 aromatic heterocycles. The van der Waals surface area contributed by atoms with E-state index in [1.165, 1.54) is 12.1 Å². The zero-order valence-corrected chi connectivity index (χ0v) is 21.8.